The predicted molar refractivity (Wildman–Crippen MR) is 69.2 cm³/mol. The highest BCUT2D eigenvalue weighted by atomic mass is 32.1. The van der Waals surface area contributed by atoms with Gasteiger partial charge in [0.2, 0.25) is 0 Å². The molecule has 0 aliphatic heterocycles. The van der Waals surface area contributed by atoms with Crippen molar-refractivity contribution < 1.29 is 10.2 Å². The Bertz CT molecular complexity index is 302. The minimum atomic E-state index is -0.500. The topological polar surface area (TPSA) is 91.4 Å². The lowest BCUT2D eigenvalue weighted by Gasteiger charge is -1.98. The van der Waals surface area contributed by atoms with Crippen molar-refractivity contribution >= 4 is 40.5 Å². The molecule has 0 fully saturated rings. The van der Waals surface area contributed by atoms with Gasteiger partial charge in [0.15, 0.2) is 0 Å². The van der Waals surface area contributed by atoms with Crippen LogP contribution in [0, 0.1) is 0 Å². The van der Waals surface area contributed by atoms with Crippen LogP contribution in [0.2, 0.25) is 0 Å². The summed E-state index contributed by atoms with van der Waals surface area (Å²) in [5, 5.41) is 17.9. The standard InChI is InChI=1S/C6H6N2OS.CH3NOS.CH4/c9-6(10)8-5-2-1-3-7-4-5;2-1(3)4;/h1-4H,(H2,8,9,10);(H3,2,3,4);1H4. The number of nitrogens with zero attached hydrogens (tertiary/aromatic N) is 1. The van der Waals surface area contributed by atoms with E-state index in [4.69, 9.17) is 10.2 Å². The van der Waals surface area contributed by atoms with Crippen molar-refractivity contribution in [2.24, 2.45) is 5.73 Å². The molecule has 0 aromatic carbocycles. The normalized spacial score (nSPS) is 7.47. The largest absolute Gasteiger partial charge is 0.487 e. The predicted octanol–water partition coefficient (Wildman–Crippen LogP) is 1.76. The van der Waals surface area contributed by atoms with Gasteiger partial charge in [-0.2, -0.15) is 0 Å². The number of hydrogen-bond acceptors (Lipinski definition) is 3. The number of nitrogens with two attached hydrogens (primary N) is 1. The molecule has 0 unspecified atom stereocenters. The molecule has 15 heavy (non-hydrogen) atoms. The fraction of sp³-hybridized carbons (Fsp3) is 0.125. The molecular formula is C8H13N3O2S2. The van der Waals surface area contributed by atoms with Crippen molar-refractivity contribution in [1.82, 2.24) is 4.98 Å². The van der Waals surface area contributed by atoms with Crippen LogP contribution < -0.4 is 11.1 Å². The van der Waals surface area contributed by atoms with E-state index in [2.05, 4.69) is 40.5 Å². The zero-order valence-electron chi connectivity index (χ0n) is 7.04. The van der Waals surface area contributed by atoms with Crippen molar-refractivity contribution in [3.63, 3.8) is 0 Å². The number of aliphatic hydroxyl groups excluding tert-OH is 2. The number of nitrogens with one attached hydrogen (secondary N) is 1. The number of thiocarbonyl (C=S) groups is 2. The highest BCUT2D eigenvalue weighted by Crippen LogP contribution is 2.01. The zero-order chi connectivity index (χ0) is 11.0. The number of aliphatic hydroxyl groups is 2. The van der Waals surface area contributed by atoms with Gasteiger partial charge in [0.25, 0.3) is 10.3 Å². The Labute approximate surface area is 99.0 Å². The molecule has 1 rings (SSSR count). The van der Waals surface area contributed by atoms with Crippen LogP contribution in [-0.4, -0.2) is 25.5 Å². The Morgan fingerprint density at radius 2 is 1.93 bits per heavy atom. The van der Waals surface area contributed by atoms with Gasteiger partial charge in [-0.15, -0.1) is 0 Å². The first-order valence-corrected chi connectivity index (χ1v) is 4.22. The molecule has 1 aromatic heterocycles. The van der Waals surface area contributed by atoms with E-state index in [9.17, 15) is 0 Å². The Morgan fingerprint density at radius 3 is 2.27 bits per heavy atom. The molecule has 0 bridgehead atoms. The Balaban J connectivity index is 0. The van der Waals surface area contributed by atoms with Gasteiger partial charge in [0.05, 0.1) is 11.9 Å². The molecule has 0 aliphatic carbocycles. The lowest BCUT2D eigenvalue weighted by molar-refractivity contribution is 0.560. The smallest absolute Gasteiger partial charge is 0.258 e. The van der Waals surface area contributed by atoms with Gasteiger partial charge in [-0.3, -0.25) is 4.98 Å². The second-order valence-corrected chi connectivity index (χ2v) is 2.82. The van der Waals surface area contributed by atoms with Gasteiger partial charge in [-0.25, -0.2) is 0 Å². The van der Waals surface area contributed by atoms with Crippen molar-refractivity contribution in [3.05, 3.63) is 24.5 Å². The van der Waals surface area contributed by atoms with Gasteiger partial charge in [0, 0.05) is 6.20 Å². The van der Waals surface area contributed by atoms with E-state index in [0.29, 0.717) is 5.69 Å². The molecule has 84 valence electrons. The molecule has 7 heteroatoms. The van der Waals surface area contributed by atoms with Gasteiger partial charge >= 0.3 is 0 Å². The van der Waals surface area contributed by atoms with E-state index in [1.54, 1.807) is 24.5 Å². The Hall–Kier alpha value is -1.47. The quantitative estimate of drug-likeness (QED) is 0.562. The second kappa shape index (κ2) is 9.10. The first-order chi connectivity index (χ1) is 6.52. The van der Waals surface area contributed by atoms with Crippen LogP contribution in [0.4, 0.5) is 5.69 Å². The molecule has 0 saturated carbocycles. The molecule has 0 radical (unpaired) electrons. The number of hydrogen-bond donors (Lipinski definition) is 4. The Morgan fingerprint density at radius 1 is 1.40 bits per heavy atom. The summed E-state index contributed by atoms with van der Waals surface area (Å²) in [7, 11) is 0. The summed E-state index contributed by atoms with van der Waals surface area (Å²) < 4.78 is 0. The number of anilines is 1. The van der Waals surface area contributed by atoms with E-state index >= 15 is 0 Å². The summed E-state index contributed by atoms with van der Waals surface area (Å²) in [5.41, 5.74) is 5.09. The van der Waals surface area contributed by atoms with Crippen LogP contribution in [0.1, 0.15) is 7.43 Å². The maximum atomic E-state index is 8.60. The Kier molecular flexibility index (Phi) is 9.69. The van der Waals surface area contributed by atoms with Crippen molar-refractivity contribution in [1.29, 1.82) is 0 Å². The van der Waals surface area contributed by atoms with E-state index in [1.807, 2.05) is 0 Å². The number of pyridine rings is 1. The SMILES string of the molecule is C.NC(O)=S.OC(=S)Nc1cccnc1. The zero-order valence-corrected chi connectivity index (χ0v) is 8.68. The lowest BCUT2D eigenvalue weighted by atomic mass is 10.4. The molecule has 1 aromatic rings. The molecule has 5 nitrogen and oxygen atoms in total. The second-order valence-electron chi connectivity index (χ2n) is 2.01. The summed E-state index contributed by atoms with van der Waals surface area (Å²) in [6.07, 6.45) is 3.22. The highest BCUT2D eigenvalue weighted by Gasteiger charge is 1.90. The summed E-state index contributed by atoms with van der Waals surface area (Å²) in [5.74, 6) is 0. The molecule has 0 saturated heterocycles. The van der Waals surface area contributed by atoms with Crippen LogP contribution >= 0.6 is 24.4 Å². The molecule has 1 heterocycles. The molecular weight excluding hydrogens is 234 g/mol. The minimum absolute atomic E-state index is 0. The van der Waals surface area contributed by atoms with Gasteiger partial charge < -0.3 is 21.3 Å². The fourth-order valence-electron chi connectivity index (χ4n) is 0.560. The van der Waals surface area contributed by atoms with Crippen molar-refractivity contribution in [3.8, 4) is 0 Å². The van der Waals surface area contributed by atoms with E-state index in [-0.39, 0.29) is 12.6 Å². The maximum Gasteiger partial charge on any atom is 0.258 e. The third kappa shape index (κ3) is 12.5. The molecule has 5 N–H and O–H groups in total. The summed E-state index contributed by atoms with van der Waals surface area (Å²) >= 11 is 8.26. The summed E-state index contributed by atoms with van der Waals surface area (Å²) in [4.78, 5) is 3.80. The lowest BCUT2D eigenvalue weighted by Crippen LogP contribution is -2.06. The van der Waals surface area contributed by atoms with Crippen LogP contribution in [0.25, 0.3) is 0 Å². The van der Waals surface area contributed by atoms with Gasteiger partial charge in [0.1, 0.15) is 0 Å². The minimum Gasteiger partial charge on any atom is -0.487 e. The number of aromatic nitrogens is 1. The third-order valence-electron chi connectivity index (χ3n) is 0.913. The van der Waals surface area contributed by atoms with E-state index < -0.39 is 5.17 Å². The van der Waals surface area contributed by atoms with Crippen LogP contribution in [0.3, 0.4) is 0 Å². The van der Waals surface area contributed by atoms with Crippen molar-refractivity contribution in [2.45, 2.75) is 7.43 Å². The van der Waals surface area contributed by atoms with Crippen LogP contribution in [0.5, 0.6) is 0 Å². The van der Waals surface area contributed by atoms with Gasteiger partial charge in [-0.05, 0) is 36.6 Å². The maximum absolute atomic E-state index is 8.60. The molecule has 0 spiro atoms. The van der Waals surface area contributed by atoms with E-state index in [1.165, 1.54) is 0 Å². The monoisotopic (exact) mass is 247 g/mol. The molecule has 0 aliphatic rings. The molecule has 0 atom stereocenters. The fourth-order valence-corrected chi connectivity index (χ4v) is 0.678. The summed E-state index contributed by atoms with van der Waals surface area (Å²) in [6.45, 7) is 0. The third-order valence-corrected chi connectivity index (χ3v) is 1.01. The van der Waals surface area contributed by atoms with Crippen LogP contribution in [-0.2, 0) is 0 Å². The van der Waals surface area contributed by atoms with E-state index in [0.717, 1.165) is 0 Å². The highest BCUT2D eigenvalue weighted by molar-refractivity contribution is 7.80. The first kappa shape index (κ1) is 16.0. The summed E-state index contributed by atoms with van der Waals surface area (Å²) in [6, 6.07) is 3.51. The average molecular weight is 247 g/mol. The molecule has 0 amide bonds. The average Bonchev–Trinajstić information content (AvgIpc) is 2.03. The number of rotatable bonds is 1. The van der Waals surface area contributed by atoms with Gasteiger partial charge in [-0.1, -0.05) is 7.43 Å². The van der Waals surface area contributed by atoms with Crippen LogP contribution in [0.15, 0.2) is 24.5 Å². The van der Waals surface area contributed by atoms with Crippen molar-refractivity contribution in [2.75, 3.05) is 5.32 Å². The first-order valence-electron chi connectivity index (χ1n) is 3.40.